The fourth-order valence-electron chi connectivity index (χ4n) is 5.08. The Balaban J connectivity index is 1.29. The zero-order chi connectivity index (χ0) is 26.1. The maximum Gasteiger partial charge on any atom is 0.247 e. The molecule has 6 rings (SSSR count). The summed E-state index contributed by atoms with van der Waals surface area (Å²) in [5.41, 5.74) is 2.99. The Morgan fingerprint density at radius 1 is 1.13 bits per heavy atom. The molecule has 38 heavy (non-hydrogen) atoms. The van der Waals surface area contributed by atoms with E-state index in [1.54, 1.807) is 0 Å². The van der Waals surface area contributed by atoms with E-state index in [1.165, 1.54) is 12.4 Å². The van der Waals surface area contributed by atoms with E-state index < -0.39 is 0 Å². The zero-order valence-electron chi connectivity index (χ0n) is 21.1. The van der Waals surface area contributed by atoms with Gasteiger partial charge >= 0.3 is 0 Å². The van der Waals surface area contributed by atoms with Crippen LogP contribution in [-0.2, 0) is 4.79 Å². The summed E-state index contributed by atoms with van der Waals surface area (Å²) in [5, 5.41) is 7.05. The minimum absolute atomic E-state index is 0.0677. The molecule has 0 spiro atoms. The number of nitrogens with zero attached hydrogens (tertiary/aromatic N) is 3. The Kier molecular flexibility index (Phi) is 6.02. The van der Waals surface area contributed by atoms with Crippen molar-refractivity contribution in [3.63, 3.8) is 0 Å². The van der Waals surface area contributed by atoms with Crippen LogP contribution in [0.5, 0.6) is 11.5 Å². The van der Waals surface area contributed by atoms with Crippen molar-refractivity contribution in [2.24, 2.45) is 11.3 Å². The highest BCUT2D eigenvalue weighted by Gasteiger charge is 2.58. The molecule has 2 fully saturated rings. The molecule has 1 amide bonds. The Morgan fingerprint density at radius 2 is 1.92 bits per heavy atom. The van der Waals surface area contributed by atoms with Crippen molar-refractivity contribution >= 4 is 34.0 Å². The number of aromatic nitrogens is 2. The molecular weight excluding hydrogens is 474 g/mol. The van der Waals surface area contributed by atoms with Gasteiger partial charge in [0.25, 0.3) is 0 Å². The van der Waals surface area contributed by atoms with Crippen LogP contribution in [0.15, 0.2) is 85.7 Å². The van der Waals surface area contributed by atoms with Crippen LogP contribution in [0.1, 0.15) is 12.0 Å². The number of para-hydroxylation sites is 1. The number of hydrogen-bond acceptors (Lipinski definition) is 6. The van der Waals surface area contributed by atoms with Crippen LogP contribution in [0.3, 0.4) is 0 Å². The normalized spacial score (nSPS) is 19.7. The summed E-state index contributed by atoms with van der Waals surface area (Å²) in [6, 6.07) is 21.1. The Hall–Kier alpha value is -4.67. The average molecular weight is 502 g/mol. The van der Waals surface area contributed by atoms with Crippen LogP contribution < -0.4 is 15.4 Å². The van der Waals surface area contributed by atoms with Crippen LogP contribution in [0, 0.1) is 23.2 Å². The second-order valence-corrected chi connectivity index (χ2v) is 9.90. The molecule has 2 heterocycles. The minimum atomic E-state index is -0.296. The number of carbonyl (C=O) groups is 1. The van der Waals surface area contributed by atoms with E-state index in [0.29, 0.717) is 17.4 Å². The molecule has 2 N–H and O–H groups in total. The van der Waals surface area contributed by atoms with E-state index in [0.717, 1.165) is 53.2 Å². The molecule has 7 nitrogen and oxygen atoms in total. The van der Waals surface area contributed by atoms with Crippen molar-refractivity contribution in [2.45, 2.75) is 6.42 Å². The van der Waals surface area contributed by atoms with E-state index >= 15 is 0 Å². The molecule has 4 aromatic rings. The number of rotatable bonds is 6. The fraction of sp³-hybridized carbons (Fsp3) is 0.194. The molecule has 1 aliphatic carbocycles. The van der Waals surface area contributed by atoms with Gasteiger partial charge in [0.2, 0.25) is 5.91 Å². The van der Waals surface area contributed by atoms with Gasteiger partial charge in [-0.25, -0.2) is 9.97 Å². The second kappa shape index (κ2) is 9.66. The molecule has 1 saturated carbocycles. The SMILES string of the molecule is C=CC(=O)Nc1cc2c(Nc3ccc(Oc4ccccc4)cc3)ncnc2cc1C#C[C@]12C[C@H]1CN(C)C2. The molecule has 0 unspecified atom stereocenters. The lowest BCUT2D eigenvalue weighted by Gasteiger charge is -2.13. The number of anilines is 3. The van der Waals surface area contributed by atoms with Gasteiger partial charge in [-0.1, -0.05) is 36.6 Å². The minimum Gasteiger partial charge on any atom is -0.457 e. The maximum atomic E-state index is 12.2. The standard InChI is InChI=1S/C31H27N5O2/c1-3-29(37)35-27-16-26-28(15-21(27)13-14-31-17-22(31)18-36(2)19-31)32-20-33-30(26)34-23-9-11-25(12-10-23)38-24-7-5-4-6-8-24/h3-12,15-16,20,22H,1,17-19H2,2H3,(H,35,37)(H,32,33,34)/t22-,31+/m0/s1. The van der Waals surface area contributed by atoms with Crippen LogP contribution in [-0.4, -0.2) is 40.9 Å². The van der Waals surface area contributed by atoms with Crippen molar-refractivity contribution in [3.05, 3.63) is 91.3 Å². The molecule has 1 aliphatic heterocycles. The third-order valence-electron chi connectivity index (χ3n) is 7.08. The molecule has 1 saturated heterocycles. The highest BCUT2D eigenvalue weighted by Crippen LogP contribution is 2.56. The van der Waals surface area contributed by atoms with E-state index in [9.17, 15) is 4.79 Å². The summed E-state index contributed by atoms with van der Waals surface area (Å²) < 4.78 is 5.89. The smallest absolute Gasteiger partial charge is 0.247 e. The summed E-state index contributed by atoms with van der Waals surface area (Å²) in [6.45, 7) is 5.67. The summed E-state index contributed by atoms with van der Waals surface area (Å²) in [7, 11) is 2.14. The first-order valence-electron chi connectivity index (χ1n) is 12.6. The van der Waals surface area contributed by atoms with Crippen LogP contribution in [0.25, 0.3) is 10.9 Å². The number of benzene rings is 3. The fourth-order valence-corrected chi connectivity index (χ4v) is 5.08. The number of ether oxygens (including phenoxy) is 1. The molecule has 2 atom stereocenters. The zero-order valence-corrected chi connectivity index (χ0v) is 21.1. The summed E-state index contributed by atoms with van der Waals surface area (Å²) in [6.07, 6.45) is 3.92. The third-order valence-corrected chi connectivity index (χ3v) is 7.08. The Labute approximate surface area is 221 Å². The summed E-state index contributed by atoms with van der Waals surface area (Å²) in [5.74, 6) is 9.34. The van der Waals surface area contributed by atoms with Gasteiger partial charge in [-0.15, -0.1) is 0 Å². The van der Waals surface area contributed by atoms with Gasteiger partial charge in [-0.2, -0.15) is 0 Å². The van der Waals surface area contributed by atoms with Gasteiger partial charge in [0.05, 0.1) is 16.8 Å². The number of hydrogen-bond donors (Lipinski definition) is 2. The Morgan fingerprint density at radius 3 is 2.66 bits per heavy atom. The Bertz CT molecular complexity index is 1590. The number of piperidine rings is 1. The summed E-state index contributed by atoms with van der Waals surface area (Å²) in [4.78, 5) is 23.5. The van der Waals surface area contributed by atoms with Crippen molar-refractivity contribution in [2.75, 3.05) is 30.8 Å². The molecule has 0 radical (unpaired) electrons. The molecular formula is C31H27N5O2. The monoisotopic (exact) mass is 501 g/mol. The topological polar surface area (TPSA) is 79.4 Å². The first-order chi connectivity index (χ1) is 18.5. The van der Waals surface area contributed by atoms with Crippen molar-refractivity contribution in [1.82, 2.24) is 14.9 Å². The molecule has 3 aromatic carbocycles. The average Bonchev–Trinajstić information content (AvgIpc) is 3.49. The maximum absolute atomic E-state index is 12.2. The second-order valence-electron chi connectivity index (χ2n) is 9.90. The van der Waals surface area contributed by atoms with Crippen molar-refractivity contribution < 1.29 is 9.53 Å². The third kappa shape index (κ3) is 4.82. The van der Waals surface area contributed by atoms with Crippen LogP contribution in [0.2, 0.25) is 0 Å². The van der Waals surface area contributed by atoms with Gasteiger partial charge in [-0.3, -0.25) is 4.79 Å². The molecule has 2 aliphatic rings. The number of amides is 1. The van der Waals surface area contributed by atoms with Crippen molar-refractivity contribution in [3.8, 4) is 23.3 Å². The lowest BCUT2D eigenvalue weighted by atomic mass is 10.0. The summed E-state index contributed by atoms with van der Waals surface area (Å²) >= 11 is 0. The lowest BCUT2D eigenvalue weighted by molar-refractivity contribution is -0.111. The van der Waals surface area contributed by atoms with Crippen LogP contribution in [0.4, 0.5) is 17.2 Å². The number of fused-ring (bicyclic) bond motifs is 2. The lowest BCUT2D eigenvalue weighted by Crippen LogP contribution is -2.19. The van der Waals surface area contributed by atoms with Gasteiger partial charge in [0, 0.05) is 29.6 Å². The molecule has 0 bridgehead atoms. The van der Waals surface area contributed by atoms with Gasteiger partial charge < -0.3 is 20.3 Å². The predicted molar refractivity (Wildman–Crippen MR) is 150 cm³/mol. The van der Waals surface area contributed by atoms with E-state index in [2.05, 4.69) is 51.0 Å². The van der Waals surface area contributed by atoms with Gasteiger partial charge in [-0.05, 0) is 74.0 Å². The number of carbonyl (C=O) groups excluding carboxylic acids is 1. The highest BCUT2D eigenvalue weighted by molar-refractivity contribution is 6.03. The quantitative estimate of drug-likeness (QED) is 0.265. The highest BCUT2D eigenvalue weighted by atomic mass is 16.5. The molecule has 188 valence electrons. The van der Waals surface area contributed by atoms with Gasteiger partial charge in [0.1, 0.15) is 23.6 Å². The van der Waals surface area contributed by atoms with E-state index in [1.807, 2.05) is 66.7 Å². The van der Waals surface area contributed by atoms with E-state index in [4.69, 9.17) is 4.74 Å². The van der Waals surface area contributed by atoms with Gasteiger partial charge in [0.15, 0.2) is 0 Å². The molecule has 1 aromatic heterocycles. The number of likely N-dealkylation sites (tertiary alicyclic amines) is 1. The molecule has 7 heteroatoms. The first kappa shape index (κ1) is 23.7. The van der Waals surface area contributed by atoms with Crippen LogP contribution >= 0.6 is 0 Å². The number of nitrogens with one attached hydrogen (secondary N) is 2. The van der Waals surface area contributed by atoms with Crippen molar-refractivity contribution in [1.29, 1.82) is 0 Å². The predicted octanol–water partition coefficient (Wildman–Crippen LogP) is 5.59. The largest absolute Gasteiger partial charge is 0.457 e. The first-order valence-corrected chi connectivity index (χ1v) is 12.6. The van der Waals surface area contributed by atoms with E-state index in [-0.39, 0.29) is 11.3 Å².